The molecular weight excluding hydrogens is 466 g/mol. The lowest BCUT2D eigenvalue weighted by atomic mass is 9.92. The molecule has 8 nitrogen and oxygen atoms in total. The van der Waals surface area contributed by atoms with Crippen LogP contribution < -0.4 is 5.32 Å². The molecule has 5 rings (SSSR count). The molecule has 2 heterocycles. The zero-order chi connectivity index (χ0) is 24.5. The van der Waals surface area contributed by atoms with Crippen molar-refractivity contribution in [1.29, 1.82) is 0 Å². The van der Waals surface area contributed by atoms with E-state index in [-0.39, 0.29) is 29.3 Å². The predicted molar refractivity (Wildman–Crippen MR) is 132 cm³/mol. The standard InChI is InChI=1S/C26H25N3O5S/c1-15-10-11-29(22(12-15)24(31)32)23(30)21-14-35-25(27-21)28-26(33)34-13-20-18-8-4-2-6-16(18)17-7-3-5-9-19(17)20/h2-9,14-15,20,22H,10-13H2,1H3,(H,31,32)(H,27,28,33). The highest BCUT2D eigenvalue weighted by Crippen LogP contribution is 2.44. The molecule has 2 N–H and O–H groups in total. The van der Waals surface area contributed by atoms with E-state index in [4.69, 9.17) is 4.74 Å². The van der Waals surface area contributed by atoms with Crippen LogP contribution in [0, 0.1) is 5.92 Å². The molecule has 1 aliphatic heterocycles. The van der Waals surface area contributed by atoms with E-state index in [1.807, 2.05) is 43.3 Å². The first-order chi connectivity index (χ1) is 16.9. The molecule has 2 amide bonds. The van der Waals surface area contributed by atoms with Gasteiger partial charge in [0.05, 0.1) is 0 Å². The van der Waals surface area contributed by atoms with E-state index >= 15 is 0 Å². The maximum atomic E-state index is 12.9. The molecule has 1 saturated heterocycles. The van der Waals surface area contributed by atoms with Crippen molar-refractivity contribution in [2.45, 2.75) is 31.7 Å². The average molecular weight is 492 g/mol. The second-order valence-electron chi connectivity index (χ2n) is 8.97. The van der Waals surface area contributed by atoms with E-state index in [9.17, 15) is 19.5 Å². The highest BCUT2D eigenvalue weighted by Gasteiger charge is 2.36. The Morgan fingerprint density at radius 1 is 1.11 bits per heavy atom. The Hall–Kier alpha value is -3.72. The molecule has 9 heteroatoms. The summed E-state index contributed by atoms with van der Waals surface area (Å²) in [4.78, 5) is 42.6. The van der Waals surface area contributed by atoms with Gasteiger partial charge in [-0.2, -0.15) is 0 Å². The number of piperidine rings is 1. The third-order valence-electron chi connectivity index (χ3n) is 6.69. The van der Waals surface area contributed by atoms with Crippen LogP contribution in [0.3, 0.4) is 0 Å². The molecule has 2 aromatic carbocycles. The summed E-state index contributed by atoms with van der Waals surface area (Å²) >= 11 is 1.10. The Bertz CT molecular complexity index is 1240. The van der Waals surface area contributed by atoms with Gasteiger partial charge in [0.2, 0.25) is 0 Å². The minimum Gasteiger partial charge on any atom is -0.480 e. The molecule has 35 heavy (non-hydrogen) atoms. The van der Waals surface area contributed by atoms with Gasteiger partial charge in [0.15, 0.2) is 5.13 Å². The number of carboxylic acid groups (broad SMARTS) is 1. The summed E-state index contributed by atoms with van der Waals surface area (Å²) in [5, 5.41) is 13.9. The van der Waals surface area contributed by atoms with Crippen LogP contribution in [0.4, 0.5) is 9.93 Å². The fourth-order valence-electron chi connectivity index (χ4n) is 4.92. The van der Waals surface area contributed by atoms with Crippen molar-refractivity contribution in [3.63, 3.8) is 0 Å². The number of hydrogen-bond donors (Lipinski definition) is 2. The van der Waals surface area contributed by atoms with Gasteiger partial charge in [0.1, 0.15) is 18.3 Å². The number of nitrogens with zero attached hydrogens (tertiary/aromatic N) is 2. The molecule has 2 aliphatic rings. The van der Waals surface area contributed by atoms with Gasteiger partial charge >= 0.3 is 12.1 Å². The average Bonchev–Trinajstić information content (AvgIpc) is 3.45. The van der Waals surface area contributed by atoms with Gasteiger partial charge in [-0.1, -0.05) is 55.5 Å². The normalized spacial score (nSPS) is 19.1. The van der Waals surface area contributed by atoms with Gasteiger partial charge in [0.25, 0.3) is 5.91 Å². The van der Waals surface area contributed by atoms with E-state index in [1.165, 1.54) is 10.3 Å². The molecule has 0 bridgehead atoms. The molecule has 1 fully saturated rings. The van der Waals surface area contributed by atoms with Crippen molar-refractivity contribution in [1.82, 2.24) is 9.88 Å². The Morgan fingerprint density at radius 2 is 1.77 bits per heavy atom. The molecule has 1 aromatic heterocycles. The van der Waals surface area contributed by atoms with Crippen LogP contribution in [-0.4, -0.2) is 52.2 Å². The van der Waals surface area contributed by atoms with Crippen molar-refractivity contribution in [3.8, 4) is 11.1 Å². The first-order valence-corrected chi connectivity index (χ1v) is 12.4. The Kier molecular flexibility index (Phi) is 6.25. The van der Waals surface area contributed by atoms with Crippen molar-refractivity contribution >= 4 is 34.4 Å². The van der Waals surface area contributed by atoms with E-state index in [0.717, 1.165) is 40.0 Å². The second-order valence-corrected chi connectivity index (χ2v) is 9.83. The van der Waals surface area contributed by atoms with E-state index in [0.29, 0.717) is 13.0 Å². The van der Waals surface area contributed by atoms with Crippen LogP contribution >= 0.6 is 11.3 Å². The highest BCUT2D eigenvalue weighted by molar-refractivity contribution is 7.14. The predicted octanol–water partition coefficient (Wildman–Crippen LogP) is 4.83. The quantitative estimate of drug-likeness (QED) is 0.529. The number of aromatic nitrogens is 1. The molecule has 2 atom stereocenters. The Balaban J connectivity index is 1.23. The van der Waals surface area contributed by atoms with Crippen LogP contribution in [0.25, 0.3) is 11.1 Å². The third kappa shape index (κ3) is 4.51. The van der Waals surface area contributed by atoms with Crippen LogP contribution in [0.5, 0.6) is 0 Å². The largest absolute Gasteiger partial charge is 0.480 e. The summed E-state index contributed by atoms with van der Waals surface area (Å²) in [6.07, 6.45) is 0.496. The number of fused-ring (bicyclic) bond motifs is 3. The van der Waals surface area contributed by atoms with E-state index in [1.54, 1.807) is 0 Å². The fourth-order valence-corrected chi connectivity index (χ4v) is 5.59. The molecule has 3 aromatic rings. The number of carbonyl (C=O) groups is 3. The number of aliphatic carboxylic acids is 1. The maximum absolute atomic E-state index is 12.9. The van der Waals surface area contributed by atoms with Crippen LogP contribution in [-0.2, 0) is 9.53 Å². The summed E-state index contributed by atoms with van der Waals surface area (Å²) in [6.45, 7) is 2.52. The molecule has 1 aliphatic carbocycles. The van der Waals surface area contributed by atoms with Crippen LogP contribution in [0.1, 0.15) is 47.3 Å². The number of carboxylic acids is 1. The van der Waals surface area contributed by atoms with Crippen molar-refractivity contribution < 1.29 is 24.2 Å². The number of thiazole rings is 1. The van der Waals surface area contributed by atoms with E-state index < -0.39 is 24.0 Å². The van der Waals surface area contributed by atoms with Gasteiger partial charge in [0, 0.05) is 17.8 Å². The zero-order valence-corrected chi connectivity index (χ0v) is 20.0. The topological polar surface area (TPSA) is 109 Å². The van der Waals surface area contributed by atoms with Crippen molar-refractivity contribution in [2.24, 2.45) is 5.92 Å². The smallest absolute Gasteiger partial charge is 0.413 e. The van der Waals surface area contributed by atoms with E-state index in [2.05, 4.69) is 22.4 Å². The Morgan fingerprint density at radius 3 is 2.43 bits per heavy atom. The molecular formula is C26H25N3O5S. The summed E-state index contributed by atoms with van der Waals surface area (Å²) in [6, 6.07) is 15.3. The first-order valence-electron chi connectivity index (χ1n) is 11.5. The molecule has 0 spiro atoms. The minimum absolute atomic E-state index is 0.0592. The van der Waals surface area contributed by atoms with Gasteiger partial charge in [-0.05, 0) is 41.0 Å². The van der Waals surface area contributed by atoms with Crippen LogP contribution in [0.15, 0.2) is 53.9 Å². The first kappa shape index (κ1) is 23.0. The number of benzene rings is 2. The highest BCUT2D eigenvalue weighted by atomic mass is 32.1. The SMILES string of the molecule is CC1CCN(C(=O)c2csc(NC(=O)OCC3c4ccccc4-c4ccccc43)n2)C(C(=O)O)C1. The van der Waals surface area contributed by atoms with Crippen molar-refractivity contribution in [3.05, 3.63) is 70.7 Å². The lowest BCUT2D eigenvalue weighted by Gasteiger charge is -2.35. The number of carbonyl (C=O) groups excluding carboxylic acids is 2. The monoisotopic (exact) mass is 491 g/mol. The number of hydrogen-bond acceptors (Lipinski definition) is 6. The zero-order valence-electron chi connectivity index (χ0n) is 19.1. The van der Waals surface area contributed by atoms with Gasteiger partial charge in [-0.15, -0.1) is 11.3 Å². The van der Waals surface area contributed by atoms with Gasteiger partial charge < -0.3 is 14.7 Å². The molecule has 0 radical (unpaired) electrons. The van der Waals surface area contributed by atoms with Crippen LogP contribution in [0.2, 0.25) is 0 Å². The number of ether oxygens (including phenoxy) is 1. The Labute approximate surface area is 206 Å². The number of nitrogens with one attached hydrogen (secondary N) is 1. The summed E-state index contributed by atoms with van der Waals surface area (Å²) < 4.78 is 5.53. The van der Waals surface area contributed by atoms with Gasteiger partial charge in [-0.3, -0.25) is 10.1 Å². The summed E-state index contributed by atoms with van der Waals surface area (Å²) in [5.41, 5.74) is 4.64. The number of anilines is 1. The summed E-state index contributed by atoms with van der Waals surface area (Å²) in [7, 11) is 0. The molecule has 180 valence electrons. The lowest BCUT2D eigenvalue weighted by molar-refractivity contribution is -0.144. The van der Waals surface area contributed by atoms with Gasteiger partial charge in [-0.25, -0.2) is 14.6 Å². The lowest BCUT2D eigenvalue weighted by Crippen LogP contribution is -2.49. The number of rotatable bonds is 5. The third-order valence-corrected chi connectivity index (χ3v) is 7.44. The summed E-state index contributed by atoms with van der Waals surface area (Å²) in [5.74, 6) is -1.28. The minimum atomic E-state index is -1.02. The molecule has 2 unspecified atom stereocenters. The maximum Gasteiger partial charge on any atom is 0.413 e. The molecule has 0 saturated carbocycles. The van der Waals surface area contributed by atoms with Crippen molar-refractivity contribution in [2.75, 3.05) is 18.5 Å². The number of likely N-dealkylation sites (tertiary alicyclic amines) is 1. The fraction of sp³-hybridized carbons (Fsp3) is 0.308. The second kappa shape index (κ2) is 9.50. The number of amides is 2.